The first-order chi connectivity index (χ1) is 9.41. The normalized spacial score (nSPS) is 16.2. The van der Waals surface area contributed by atoms with Crippen LogP contribution in [-0.4, -0.2) is 36.5 Å². The number of rotatable bonds is 4. The number of aromatic amines is 1. The van der Waals surface area contributed by atoms with Crippen LogP contribution in [-0.2, 0) is 11.2 Å². The number of carbonyl (C=O) groups is 1. The number of carbonyl (C=O) groups excluding carboxylic acids is 1. The molecule has 0 aliphatic heterocycles. The van der Waals surface area contributed by atoms with Crippen LogP contribution in [0.4, 0.5) is 0 Å². The Morgan fingerprint density at radius 1 is 1.50 bits per heavy atom. The number of esters is 1. The number of ether oxygens (including phenoxy) is 1. The fourth-order valence-electron chi connectivity index (χ4n) is 1.78. The van der Waals surface area contributed by atoms with Crippen LogP contribution in [0.15, 0.2) is 24.4 Å². The summed E-state index contributed by atoms with van der Waals surface area (Å²) in [6.07, 6.45) is 0.954. The molecule has 2 unspecified atom stereocenters. The lowest BCUT2D eigenvalue weighted by Gasteiger charge is -2.09. The van der Waals surface area contributed by atoms with E-state index in [1.165, 1.54) is 6.92 Å². The fourth-order valence-corrected chi connectivity index (χ4v) is 1.78. The molecule has 0 radical (unpaired) electrons. The summed E-state index contributed by atoms with van der Waals surface area (Å²) in [6, 6.07) is 5.33. The molecule has 2 atom stereocenters. The molecule has 1 heterocycles. The van der Waals surface area contributed by atoms with Crippen molar-refractivity contribution in [3.8, 4) is 5.75 Å². The van der Waals surface area contributed by atoms with Gasteiger partial charge in [0.05, 0.1) is 0 Å². The number of nitrogens with one attached hydrogen (secondary N) is 1. The van der Waals surface area contributed by atoms with E-state index < -0.39 is 18.9 Å². The van der Waals surface area contributed by atoms with Gasteiger partial charge < -0.3 is 14.6 Å². The zero-order valence-electron chi connectivity index (χ0n) is 12.7. The van der Waals surface area contributed by atoms with Crippen LogP contribution < -0.4 is 4.74 Å². The Morgan fingerprint density at radius 2 is 2.28 bits per heavy atom. The standard InChI is InChI=1S/C14H18N2O2/c1-10(17)18-13-6-4-5-12-14(13)11(9-15-12)7-8-16(2)3/h4-6,9,15H,7-8H2,1-3H3/i7D,8D. The summed E-state index contributed by atoms with van der Waals surface area (Å²) < 4.78 is 21.5. The molecule has 4 nitrogen and oxygen atoms in total. The highest BCUT2D eigenvalue weighted by Gasteiger charge is 2.11. The van der Waals surface area contributed by atoms with Crippen LogP contribution >= 0.6 is 0 Å². The summed E-state index contributed by atoms with van der Waals surface area (Å²) in [6.45, 7) is 0.649. The lowest BCUT2D eigenvalue weighted by Crippen LogP contribution is -2.15. The largest absolute Gasteiger partial charge is 0.426 e. The molecule has 18 heavy (non-hydrogen) atoms. The van der Waals surface area contributed by atoms with E-state index >= 15 is 0 Å². The van der Waals surface area contributed by atoms with Crippen molar-refractivity contribution in [2.45, 2.75) is 13.3 Å². The molecule has 0 spiro atoms. The highest BCUT2D eigenvalue weighted by molar-refractivity contribution is 5.91. The van der Waals surface area contributed by atoms with Gasteiger partial charge in [0, 0.05) is 33.3 Å². The van der Waals surface area contributed by atoms with Crippen molar-refractivity contribution in [2.24, 2.45) is 0 Å². The van der Waals surface area contributed by atoms with Crippen LogP contribution in [0.5, 0.6) is 5.75 Å². The van der Waals surface area contributed by atoms with Gasteiger partial charge in [-0.15, -0.1) is 0 Å². The highest BCUT2D eigenvalue weighted by atomic mass is 16.5. The van der Waals surface area contributed by atoms with E-state index in [-0.39, 0.29) is 0 Å². The third kappa shape index (κ3) is 2.71. The molecule has 0 bridgehead atoms. The number of likely N-dealkylation sites (N-methyl/N-ethyl adjacent to an activating group) is 1. The monoisotopic (exact) mass is 248 g/mol. The van der Waals surface area contributed by atoms with Crippen LogP contribution in [0.2, 0.25) is 0 Å². The van der Waals surface area contributed by atoms with Gasteiger partial charge in [0.15, 0.2) is 0 Å². The quantitative estimate of drug-likeness (QED) is 0.666. The first kappa shape index (κ1) is 10.1. The molecule has 0 aliphatic rings. The number of H-pyrrole nitrogens is 1. The minimum absolute atomic E-state index is 0.402. The molecular formula is C14H18N2O2. The van der Waals surface area contributed by atoms with E-state index in [1.807, 2.05) is 6.07 Å². The van der Waals surface area contributed by atoms with E-state index in [0.717, 1.165) is 5.52 Å². The highest BCUT2D eigenvalue weighted by Crippen LogP contribution is 2.29. The zero-order valence-corrected chi connectivity index (χ0v) is 10.7. The summed E-state index contributed by atoms with van der Waals surface area (Å²) in [5, 5.41) is 0.696. The van der Waals surface area contributed by atoms with E-state index in [9.17, 15) is 4.79 Å². The molecule has 0 saturated carbocycles. The molecule has 0 saturated heterocycles. The SMILES string of the molecule is [2H]C(c1c[nH]c2cccc(OC(C)=O)c12)C([2H])N(C)C. The number of fused-ring (bicyclic) bond motifs is 1. The molecule has 1 aromatic heterocycles. The number of benzene rings is 1. The molecule has 1 aromatic carbocycles. The molecular weight excluding hydrogens is 228 g/mol. The number of aromatic nitrogens is 1. The van der Waals surface area contributed by atoms with Gasteiger partial charge in [-0.3, -0.25) is 4.79 Å². The maximum Gasteiger partial charge on any atom is 0.308 e. The van der Waals surface area contributed by atoms with E-state index in [2.05, 4.69) is 4.98 Å². The molecule has 0 aliphatic carbocycles. The fraction of sp³-hybridized carbons (Fsp3) is 0.357. The average Bonchev–Trinajstić information content (AvgIpc) is 2.81. The Bertz CT molecular complexity index is 625. The van der Waals surface area contributed by atoms with E-state index in [0.29, 0.717) is 16.7 Å². The van der Waals surface area contributed by atoms with Crippen molar-refractivity contribution < 1.29 is 12.3 Å². The summed E-state index contributed by atoms with van der Waals surface area (Å²) in [5.74, 6) is 0.0238. The zero-order chi connectivity index (χ0) is 14.9. The number of hydrogen-bond acceptors (Lipinski definition) is 3. The lowest BCUT2D eigenvalue weighted by molar-refractivity contribution is -0.131. The Morgan fingerprint density at radius 3 is 2.94 bits per heavy atom. The maximum atomic E-state index is 11.2. The van der Waals surface area contributed by atoms with Gasteiger partial charge in [0.2, 0.25) is 0 Å². The number of aryl methyl sites for hydroxylation is 1. The third-order valence-electron chi connectivity index (χ3n) is 2.50. The van der Waals surface area contributed by atoms with Crippen molar-refractivity contribution >= 4 is 16.9 Å². The molecule has 96 valence electrons. The molecule has 1 N–H and O–H groups in total. The maximum absolute atomic E-state index is 11.2. The van der Waals surface area contributed by atoms with Gasteiger partial charge in [0.25, 0.3) is 0 Å². The first-order valence-corrected chi connectivity index (χ1v) is 5.71. The van der Waals surface area contributed by atoms with Gasteiger partial charge in [-0.05, 0) is 38.2 Å². The predicted molar refractivity (Wildman–Crippen MR) is 71.9 cm³/mol. The second-order valence-corrected chi connectivity index (χ2v) is 4.30. The van der Waals surface area contributed by atoms with Crippen molar-refractivity contribution in [1.29, 1.82) is 0 Å². The molecule has 0 amide bonds. The topological polar surface area (TPSA) is 45.3 Å². The average molecular weight is 248 g/mol. The summed E-state index contributed by atoms with van der Waals surface area (Å²) in [5.41, 5.74) is 1.45. The Kier molecular flexibility index (Phi) is 2.95. The Labute approximate surface area is 109 Å². The van der Waals surface area contributed by atoms with Crippen LogP contribution in [0.3, 0.4) is 0 Å². The predicted octanol–water partition coefficient (Wildman–Crippen LogP) is 2.20. The minimum atomic E-state index is -0.754. The molecule has 4 heteroatoms. The second-order valence-electron chi connectivity index (χ2n) is 4.30. The number of nitrogens with zero attached hydrogens (tertiary/aromatic N) is 1. The van der Waals surface area contributed by atoms with Crippen LogP contribution in [0.1, 0.15) is 15.2 Å². The lowest BCUT2D eigenvalue weighted by atomic mass is 10.1. The van der Waals surface area contributed by atoms with Gasteiger partial charge in [0.1, 0.15) is 5.75 Å². The summed E-state index contributed by atoms with van der Waals surface area (Å²) in [4.78, 5) is 15.9. The van der Waals surface area contributed by atoms with Gasteiger partial charge >= 0.3 is 5.97 Å². The van der Waals surface area contributed by atoms with E-state index in [4.69, 9.17) is 7.48 Å². The van der Waals surface area contributed by atoms with Gasteiger partial charge in [-0.25, -0.2) is 0 Å². The van der Waals surface area contributed by atoms with Gasteiger partial charge in [-0.1, -0.05) is 6.07 Å². The van der Waals surface area contributed by atoms with Crippen molar-refractivity contribution in [3.63, 3.8) is 0 Å². The molecule has 2 rings (SSSR count). The second kappa shape index (κ2) is 5.23. The first-order valence-electron chi connectivity index (χ1n) is 6.86. The minimum Gasteiger partial charge on any atom is -0.426 e. The Balaban J connectivity index is 2.51. The smallest absolute Gasteiger partial charge is 0.308 e. The molecule has 2 aromatic rings. The van der Waals surface area contributed by atoms with E-state index in [1.54, 1.807) is 37.3 Å². The van der Waals surface area contributed by atoms with Crippen molar-refractivity contribution in [1.82, 2.24) is 9.88 Å². The van der Waals surface area contributed by atoms with Crippen LogP contribution in [0.25, 0.3) is 10.9 Å². The molecule has 0 fully saturated rings. The van der Waals surface area contributed by atoms with Crippen molar-refractivity contribution in [2.75, 3.05) is 20.6 Å². The third-order valence-corrected chi connectivity index (χ3v) is 2.50. The summed E-state index contributed by atoms with van der Waals surface area (Å²) in [7, 11) is 3.53. The Hall–Kier alpha value is -1.81. The number of hydrogen-bond donors (Lipinski definition) is 1. The van der Waals surface area contributed by atoms with Gasteiger partial charge in [-0.2, -0.15) is 0 Å². The summed E-state index contributed by atoms with van der Waals surface area (Å²) >= 11 is 0. The van der Waals surface area contributed by atoms with Crippen molar-refractivity contribution in [3.05, 3.63) is 30.0 Å². The van der Waals surface area contributed by atoms with Crippen LogP contribution in [0, 0.1) is 0 Å².